The molecule has 1 aromatic rings. The Morgan fingerprint density at radius 2 is 2.05 bits per heavy atom. The Labute approximate surface area is 128 Å². The zero-order chi connectivity index (χ0) is 15.5. The third-order valence-electron chi connectivity index (χ3n) is 4.17. The highest BCUT2D eigenvalue weighted by Gasteiger charge is 2.27. The highest BCUT2D eigenvalue weighted by Crippen LogP contribution is 2.20. The van der Waals surface area contributed by atoms with E-state index in [1.165, 1.54) is 0 Å². The molecule has 22 heavy (non-hydrogen) atoms. The summed E-state index contributed by atoms with van der Waals surface area (Å²) < 4.78 is 0. The van der Waals surface area contributed by atoms with Gasteiger partial charge in [0.25, 0.3) is 0 Å². The maximum atomic E-state index is 11.1. The molecular weight excluding hydrogens is 286 g/mol. The van der Waals surface area contributed by atoms with E-state index in [9.17, 15) is 9.90 Å². The number of hydrogen-bond acceptors (Lipinski definition) is 7. The molecule has 3 heterocycles. The Hall–Kier alpha value is -1.93. The second-order valence-corrected chi connectivity index (χ2v) is 5.72. The number of piperazine rings is 1. The summed E-state index contributed by atoms with van der Waals surface area (Å²) in [7, 11) is 0. The molecule has 2 saturated heterocycles. The van der Waals surface area contributed by atoms with E-state index in [4.69, 9.17) is 5.11 Å². The monoisotopic (exact) mass is 307 g/mol. The van der Waals surface area contributed by atoms with E-state index < -0.39 is 12.0 Å². The maximum absolute atomic E-state index is 11.1. The number of aliphatic carboxylic acids is 1. The zero-order valence-corrected chi connectivity index (χ0v) is 12.4. The minimum atomic E-state index is -0.856. The zero-order valence-electron chi connectivity index (χ0n) is 12.4. The van der Waals surface area contributed by atoms with E-state index in [1.807, 2.05) is 11.0 Å². The molecule has 0 unspecified atom stereocenters. The number of rotatable bonds is 3. The van der Waals surface area contributed by atoms with Gasteiger partial charge in [-0.3, -0.25) is 4.79 Å². The van der Waals surface area contributed by atoms with E-state index in [2.05, 4.69) is 20.2 Å². The van der Waals surface area contributed by atoms with Crippen LogP contribution in [0.25, 0.3) is 0 Å². The number of nitrogens with zero attached hydrogens (tertiary/aromatic N) is 4. The molecule has 0 saturated carbocycles. The van der Waals surface area contributed by atoms with Crippen LogP contribution in [0.15, 0.2) is 12.3 Å². The first-order valence-electron chi connectivity index (χ1n) is 7.60. The van der Waals surface area contributed by atoms with Crippen molar-refractivity contribution in [2.75, 3.05) is 42.5 Å². The fourth-order valence-electron chi connectivity index (χ4n) is 2.86. The van der Waals surface area contributed by atoms with Crippen molar-refractivity contribution < 1.29 is 15.0 Å². The standard InChI is InChI=1S/C14H21N5O3/c20-10-2-6-18(7-3-10)12-1-4-16-14(17-12)19-8-5-15-11(9-19)13(21)22/h1,4,10-11,15,20H,2-3,5-9H2,(H,21,22)/t11-/m1/s1. The van der Waals surface area contributed by atoms with E-state index in [-0.39, 0.29) is 6.10 Å². The lowest BCUT2D eigenvalue weighted by atomic mass is 10.1. The van der Waals surface area contributed by atoms with E-state index in [1.54, 1.807) is 6.20 Å². The lowest BCUT2D eigenvalue weighted by Gasteiger charge is -2.33. The molecule has 3 rings (SSSR count). The molecular formula is C14H21N5O3. The van der Waals surface area contributed by atoms with Crippen molar-refractivity contribution in [1.29, 1.82) is 0 Å². The normalized spacial score (nSPS) is 23.6. The topological polar surface area (TPSA) is 102 Å². The van der Waals surface area contributed by atoms with Gasteiger partial charge >= 0.3 is 5.97 Å². The summed E-state index contributed by atoms with van der Waals surface area (Å²) in [5.41, 5.74) is 0. The van der Waals surface area contributed by atoms with Gasteiger partial charge in [0.1, 0.15) is 11.9 Å². The van der Waals surface area contributed by atoms with Crippen molar-refractivity contribution >= 4 is 17.7 Å². The maximum Gasteiger partial charge on any atom is 0.322 e. The van der Waals surface area contributed by atoms with E-state index in [0.717, 1.165) is 31.7 Å². The van der Waals surface area contributed by atoms with Crippen LogP contribution in [0, 0.1) is 0 Å². The fraction of sp³-hybridized carbons (Fsp3) is 0.643. The number of nitrogens with one attached hydrogen (secondary N) is 1. The molecule has 2 aliphatic rings. The molecule has 0 bridgehead atoms. The molecule has 0 aromatic carbocycles. The third kappa shape index (κ3) is 3.28. The average Bonchev–Trinajstić information content (AvgIpc) is 2.56. The SMILES string of the molecule is O=C(O)[C@H]1CN(c2nccc(N3CCC(O)CC3)n2)CCN1. The number of aromatic nitrogens is 2. The van der Waals surface area contributed by atoms with Crippen molar-refractivity contribution in [1.82, 2.24) is 15.3 Å². The summed E-state index contributed by atoms with van der Waals surface area (Å²) in [5.74, 6) is 0.546. The third-order valence-corrected chi connectivity index (χ3v) is 4.17. The summed E-state index contributed by atoms with van der Waals surface area (Å²) in [6.07, 6.45) is 2.98. The Balaban J connectivity index is 1.72. The molecule has 1 atom stereocenters. The van der Waals surface area contributed by atoms with Gasteiger partial charge in [-0.15, -0.1) is 0 Å². The summed E-state index contributed by atoms with van der Waals surface area (Å²) in [6, 6.07) is 1.27. The molecule has 2 fully saturated rings. The number of carboxylic acid groups (broad SMARTS) is 1. The van der Waals surface area contributed by atoms with Crippen LogP contribution in [0.4, 0.5) is 11.8 Å². The molecule has 0 amide bonds. The highest BCUT2D eigenvalue weighted by molar-refractivity contribution is 5.74. The quantitative estimate of drug-likeness (QED) is 0.674. The summed E-state index contributed by atoms with van der Waals surface area (Å²) >= 11 is 0. The molecule has 0 aliphatic carbocycles. The first kappa shape index (κ1) is 15.0. The second kappa shape index (κ2) is 6.45. The van der Waals surface area contributed by atoms with Gasteiger partial charge in [-0.1, -0.05) is 0 Å². The van der Waals surface area contributed by atoms with Gasteiger partial charge in [-0.05, 0) is 18.9 Å². The predicted molar refractivity (Wildman–Crippen MR) is 81.1 cm³/mol. The van der Waals surface area contributed by atoms with Crippen molar-refractivity contribution in [3.05, 3.63) is 12.3 Å². The number of aliphatic hydroxyl groups excluding tert-OH is 1. The first-order valence-corrected chi connectivity index (χ1v) is 7.60. The van der Waals surface area contributed by atoms with Crippen LogP contribution in [0.1, 0.15) is 12.8 Å². The minimum absolute atomic E-state index is 0.220. The molecule has 0 spiro atoms. The smallest absolute Gasteiger partial charge is 0.322 e. The number of aliphatic hydroxyl groups is 1. The van der Waals surface area contributed by atoms with Crippen LogP contribution in [-0.4, -0.2) is 71.0 Å². The second-order valence-electron chi connectivity index (χ2n) is 5.72. The summed E-state index contributed by atoms with van der Waals surface area (Å²) in [4.78, 5) is 24.0. The number of carboxylic acids is 1. The van der Waals surface area contributed by atoms with Crippen LogP contribution in [0.5, 0.6) is 0 Å². The van der Waals surface area contributed by atoms with E-state index in [0.29, 0.717) is 25.6 Å². The largest absolute Gasteiger partial charge is 0.480 e. The average molecular weight is 307 g/mol. The lowest BCUT2D eigenvalue weighted by Crippen LogP contribution is -2.54. The number of carbonyl (C=O) groups is 1. The van der Waals surface area contributed by atoms with Crippen molar-refractivity contribution in [3.63, 3.8) is 0 Å². The van der Waals surface area contributed by atoms with Crippen LogP contribution < -0.4 is 15.1 Å². The summed E-state index contributed by atoms with van der Waals surface area (Å²) in [5, 5.41) is 21.7. The first-order chi connectivity index (χ1) is 10.6. The van der Waals surface area contributed by atoms with Gasteiger partial charge in [0.15, 0.2) is 0 Å². The van der Waals surface area contributed by atoms with E-state index >= 15 is 0 Å². The van der Waals surface area contributed by atoms with Crippen molar-refractivity contribution in [3.8, 4) is 0 Å². The Bertz CT molecular complexity index is 533. The van der Waals surface area contributed by atoms with Crippen LogP contribution in [0.2, 0.25) is 0 Å². The number of piperidine rings is 1. The van der Waals surface area contributed by atoms with Gasteiger partial charge in [0.2, 0.25) is 5.95 Å². The van der Waals surface area contributed by atoms with Crippen LogP contribution in [0.3, 0.4) is 0 Å². The van der Waals surface area contributed by atoms with Crippen molar-refractivity contribution in [2.45, 2.75) is 25.0 Å². The fourth-order valence-corrected chi connectivity index (χ4v) is 2.86. The predicted octanol–water partition coefficient (Wildman–Crippen LogP) is -0.700. The molecule has 1 aromatic heterocycles. The molecule has 2 aliphatic heterocycles. The number of hydrogen-bond donors (Lipinski definition) is 3. The highest BCUT2D eigenvalue weighted by atomic mass is 16.4. The summed E-state index contributed by atoms with van der Waals surface area (Å²) in [6.45, 7) is 3.19. The van der Waals surface area contributed by atoms with Gasteiger partial charge in [-0.25, -0.2) is 4.98 Å². The Kier molecular flexibility index (Phi) is 4.39. The number of anilines is 2. The lowest BCUT2D eigenvalue weighted by molar-refractivity contribution is -0.139. The Morgan fingerprint density at radius 1 is 1.27 bits per heavy atom. The van der Waals surface area contributed by atoms with Gasteiger partial charge < -0.3 is 25.3 Å². The molecule has 120 valence electrons. The molecule has 3 N–H and O–H groups in total. The van der Waals surface area contributed by atoms with Gasteiger partial charge in [0, 0.05) is 38.9 Å². The molecule has 0 radical (unpaired) electrons. The van der Waals surface area contributed by atoms with Crippen LogP contribution >= 0.6 is 0 Å². The molecule has 8 nitrogen and oxygen atoms in total. The van der Waals surface area contributed by atoms with Gasteiger partial charge in [0.05, 0.1) is 6.10 Å². The van der Waals surface area contributed by atoms with Gasteiger partial charge in [-0.2, -0.15) is 4.98 Å². The molecule has 8 heteroatoms. The Morgan fingerprint density at radius 3 is 2.77 bits per heavy atom. The van der Waals surface area contributed by atoms with Crippen molar-refractivity contribution in [2.24, 2.45) is 0 Å². The van der Waals surface area contributed by atoms with Crippen LogP contribution in [-0.2, 0) is 4.79 Å². The minimum Gasteiger partial charge on any atom is -0.480 e.